The molecule has 0 spiro atoms. The lowest BCUT2D eigenvalue weighted by molar-refractivity contribution is 0.341. The Kier molecular flexibility index (Phi) is 3.63. The van der Waals surface area contributed by atoms with Crippen LogP contribution in [0.5, 0.6) is 5.75 Å². The predicted octanol–water partition coefficient (Wildman–Crippen LogP) is 2.67. The molecule has 0 radical (unpaired) electrons. The van der Waals surface area contributed by atoms with Crippen LogP contribution in [0.4, 0.5) is 5.69 Å². The lowest BCUT2D eigenvalue weighted by atomic mass is 10.3. The van der Waals surface area contributed by atoms with Crippen molar-refractivity contribution in [1.82, 2.24) is 10.2 Å². The molecule has 2 aromatic rings. The summed E-state index contributed by atoms with van der Waals surface area (Å²) in [6, 6.07) is 5.73. The number of nitrogens with zero attached hydrogens (tertiary/aromatic N) is 2. The molecule has 2 N–H and O–H groups in total. The van der Waals surface area contributed by atoms with E-state index in [1.54, 1.807) is 5.51 Å². The van der Waals surface area contributed by atoms with Gasteiger partial charge in [-0.05, 0) is 19.1 Å². The predicted molar refractivity (Wildman–Crippen MR) is 66.1 cm³/mol. The van der Waals surface area contributed by atoms with Gasteiger partial charge in [0.1, 0.15) is 11.3 Å². The van der Waals surface area contributed by atoms with E-state index in [1.807, 2.05) is 25.1 Å². The van der Waals surface area contributed by atoms with Crippen LogP contribution in [0.1, 0.15) is 6.92 Å². The molecule has 0 saturated carbocycles. The van der Waals surface area contributed by atoms with Crippen LogP contribution < -0.4 is 10.5 Å². The number of nitrogens with two attached hydrogens (primary N) is 1. The maximum Gasteiger partial charge on any atom is 0.178 e. The van der Waals surface area contributed by atoms with Crippen LogP contribution in [0.2, 0.25) is 0 Å². The van der Waals surface area contributed by atoms with E-state index in [-0.39, 0.29) is 0 Å². The van der Waals surface area contributed by atoms with E-state index in [0.29, 0.717) is 12.3 Å². The van der Waals surface area contributed by atoms with E-state index >= 15 is 0 Å². The van der Waals surface area contributed by atoms with Crippen LogP contribution in [0.25, 0.3) is 0 Å². The Bertz CT molecular complexity index is 459. The highest BCUT2D eigenvalue weighted by Gasteiger charge is 2.08. The highest BCUT2D eigenvalue weighted by atomic mass is 32.2. The van der Waals surface area contributed by atoms with Gasteiger partial charge in [-0.15, -0.1) is 10.2 Å². The summed E-state index contributed by atoms with van der Waals surface area (Å²) < 4.78 is 6.30. The fourth-order valence-electron chi connectivity index (χ4n) is 1.20. The van der Waals surface area contributed by atoms with Gasteiger partial charge in [0.25, 0.3) is 0 Å². The van der Waals surface area contributed by atoms with Crippen LogP contribution in [0.15, 0.2) is 32.9 Å². The lowest BCUT2D eigenvalue weighted by Crippen LogP contribution is -1.97. The van der Waals surface area contributed by atoms with Gasteiger partial charge in [-0.2, -0.15) is 0 Å². The molecule has 1 aromatic heterocycles. The zero-order valence-electron chi connectivity index (χ0n) is 8.71. The smallest absolute Gasteiger partial charge is 0.178 e. The second-order valence-corrected chi connectivity index (χ2v) is 5.03. The van der Waals surface area contributed by atoms with Crippen LogP contribution >= 0.6 is 23.1 Å². The third-order valence-corrected chi connectivity index (χ3v) is 3.72. The molecule has 2 rings (SSSR count). The maximum absolute atomic E-state index is 6.00. The number of anilines is 1. The standard InChI is InChI=1S/C10H11N3OS2/c1-2-14-7-4-3-5-8(9(7)11)16-10-13-12-6-15-10/h3-6H,2,11H2,1H3. The number of para-hydroxylation sites is 1. The normalized spacial score (nSPS) is 10.3. The van der Waals surface area contributed by atoms with Gasteiger partial charge in [0, 0.05) is 4.90 Å². The lowest BCUT2D eigenvalue weighted by Gasteiger charge is -2.09. The topological polar surface area (TPSA) is 61.0 Å². The van der Waals surface area contributed by atoms with Gasteiger partial charge >= 0.3 is 0 Å². The van der Waals surface area contributed by atoms with E-state index in [9.17, 15) is 0 Å². The summed E-state index contributed by atoms with van der Waals surface area (Å²) in [5, 5.41) is 7.75. The summed E-state index contributed by atoms with van der Waals surface area (Å²) in [5.41, 5.74) is 8.35. The van der Waals surface area contributed by atoms with E-state index in [0.717, 1.165) is 15.0 Å². The minimum Gasteiger partial charge on any atom is -0.492 e. The molecule has 6 heteroatoms. The van der Waals surface area contributed by atoms with Gasteiger partial charge in [0.2, 0.25) is 0 Å². The van der Waals surface area contributed by atoms with Gasteiger partial charge in [-0.1, -0.05) is 29.2 Å². The molecule has 0 aliphatic rings. The Morgan fingerprint density at radius 1 is 1.50 bits per heavy atom. The van der Waals surface area contributed by atoms with Crippen LogP contribution in [0, 0.1) is 0 Å². The Labute approximate surface area is 102 Å². The van der Waals surface area contributed by atoms with Gasteiger partial charge in [-0.25, -0.2) is 0 Å². The van der Waals surface area contributed by atoms with E-state index < -0.39 is 0 Å². The molecular weight excluding hydrogens is 242 g/mol. The molecule has 1 heterocycles. The van der Waals surface area contributed by atoms with Gasteiger partial charge in [-0.3, -0.25) is 0 Å². The minimum atomic E-state index is 0.608. The molecule has 4 nitrogen and oxygen atoms in total. The zero-order chi connectivity index (χ0) is 11.4. The van der Waals surface area contributed by atoms with Gasteiger partial charge in [0.05, 0.1) is 12.3 Å². The maximum atomic E-state index is 6.00. The van der Waals surface area contributed by atoms with Gasteiger partial charge < -0.3 is 10.5 Å². The zero-order valence-corrected chi connectivity index (χ0v) is 10.3. The highest BCUT2D eigenvalue weighted by molar-refractivity contribution is 8.01. The Balaban J connectivity index is 2.24. The molecule has 16 heavy (non-hydrogen) atoms. The average Bonchev–Trinajstić information content (AvgIpc) is 2.77. The molecule has 0 aliphatic carbocycles. The highest BCUT2D eigenvalue weighted by Crippen LogP contribution is 2.37. The number of hydrogen-bond acceptors (Lipinski definition) is 6. The van der Waals surface area contributed by atoms with Crippen molar-refractivity contribution in [3.8, 4) is 5.75 Å². The fourth-order valence-corrected chi connectivity index (χ4v) is 2.70. The van der Waals surface area contributed by atoms with Crippen molar-refractivity contribution < 1.29 is 4.74 Å². The second kappa shape index (κ2) is 5.18. The van der Waals surface area contributed by atoms with Gasteiger partial charge in [0.15, 0.2) is 4.34 Å². The third-order valence-electron chi connectivity index (χ3n) is 1.86. The molecule has 0 unspecified atom stereocenters. The molecule has 1 aromatic carbocycles. The summed E-state index contributed by atoms with van der Waals surface area (Å²) in [7, 11) is 0. The Morgan fingerprint density at radius 3 is 3.06 bits per heavy atom. The van der Waals surface area contributed by atoms with E-state index in [4.69, 9.17) is 10.5 Å². The summed E-state index contributed by atoms with van der Waals surface area (Å²) >= 11 is 2.99. The molecular formula is C10H11N3OS2. The van der Waals surface area contributed by atoms with E-state index in [2.05, 4.69) is 10.2 Å². The first-order valence-corrected chi connectivity index (χ1v) is 6.46. The monoisotopic (exact) mass is 253 g/mol. The van der Waals surface area contributed by atoms with Crippen molar-refractivity contribution in [2.24, 2.45) is 0 Å². The minimum absolute atomic E-state index is 0.608. The molecule has 0 atom stereocenters. The number of aromatic nitrogens is 2. The summed E-state index contributed by atoms with van der Waals surface area (Å²) in [6.07, 6.45) is 0. The average molecular weight is 253 g/mol. The van der Waals surface area contributed by atoms with Crippen LogP contribution in [-0.2, 0) is 0 Å². The molecule has 84 valence electrons. The quantitative estimate of drug-likeness (QED) is 0.849. The van der Waals surface area contributed by atoms with Crippen LogP contribution in [-0.4, -0.2) is 16.8 Å². The fraction of sp³-hybridized carbons (Fsp3) is 0.200. The largest absolute Gasteiger partial charge is 0.492 e. The van der Waals surface area contributed by atoms with Crippen molar-refractivity contribution in [3.05, 3.63) is 23.7 Å². The Morgan fingerprint density at radius 2 is 2.38 bits per heavy atom. The molecule has 0 fully saturated rings. The molecule has 0 amide bonds. The summed E-state index contributed by atoms with van der Waals surface area (Å²) in [4.78, 5) is 0.947. The van der Waals surface area contributed by atoms with Crippen molar-refractivity contribution in [1.29, 1.82) is 0 Å². The van der Waals surface area contributed by atoms with Crippen molar-refractivity contribution in [2.75, 3.05) is 12.3 Å². The van der Waals surface area contributed by atoms with Crippen molar-refractivity contribution in [2.45, 2.75) is 16.2 Å². The third kappa shape index (κ3) is 2.45. The second-order valence-electron chi connectivity index (χ2n) is 2.91. The number of rotatable bonds is 4. The first-order chi connectivity index (χ1) is 7.81. The first kappa shape index (κ1) is 11.2. The molecule has 0 aliphatic heterocycles. The number of ether oxygens (including phenoxy) is 1. The first-order valence-electron chi connectivity index (χ1n) is 4.76. The van der Waals surface area contributed by atoms with Crippen molar-refractivity contribution >= 4 is 28.8 Å². The van der Waals surface area contributed by atoms with Crippen molar-refractivity contribution in [3.63, 3.8) is 0 Å². The molecule has 0 saturated heterocycles. The number of benzene rings is 1. The van der Waals surface area contributed by atoms with E-state index in [1.165, 1.54) is 23.1 Å². The van der Waals surface area contributed by atoms with Crippen LogP contribution in [0.3, 0.4) is 0 Å². The SMILES string of the molecule is CCOc1cccc(Sc2nncs2)c1N. The summed E-state index contributed by atoms with van der Waals surface area (Å²) in [5.74, 6) is 0.719. The number of nitrogen functional groups attached to an aromatic ring is 1. The Hall–Kier alpha value is -1.27. The molecule has 0 bridgehead atoms. The summed E-state index contributed by atoms with van der Waals surface area (Å²) in [6.45, 7) is 2.54. The number of hydrogen-bond donors (Lipinski definition) is 1.